The number of piperazine rings is 1. The zero-order valence-electron chi connectivity index (χ0n) is 12.4. The Kier molecular flexibility index (Phi) is 4.06. The third kappa shape index (κ3) is 3.21. The van der Waals surface area contributed by atoms with Gasteiger partial charge in [0.05, 0.1) is 11.9 Å². The predicted molar refractivity (Wildman–Crippen MR) is 84.6 cm³/mol. The zero-order valence-corrected chi connectivity index (χ0v) is 12.4. The second-order valence-corrected chi connectivity index (χ2v) is 5.17. The molecule has 0 atom stereocenters. The summed E-state index contributed by atoms with van der Waals surface area (Å²) in [5.41, 5.74) is 1.44. The van der Waals surface area contributed by atoms with Gasteiger partial charge in [-0.15, -0.1) is 0 Å². The molecule has 23 heavy (non-hydrogen) atoms. The van der Waals surface area contributed by atoms with Crippen LogP contribution in [0.3, 0.4) is 0 Å². The molecule has 0 spiro atoms. The highest BCUT2D eigenvalue weighted by atomic mass is 16.4. The van der Waals surface area contributed by atoms with Gasteiger partial charge in [-0.3, -0.25) is 0 Å². The zero-order chi connectivity index (χ0) is 16.2. The van der Waals surface area contributed by atoms with E-state index in [9.17, 15) is 4.79 Å². The van der Waals surface area contributed by atoms with Crippen LogP contribution in [0.1, 0.15) is 16.2 Å². The highest BCUT2D eigenvalue weighted by molar-refractivity contribution is 5.85. The van der Waals surface area contributed by atoms with Gasteiger partial charge in [-0.25, -0.2) is 14.8 Å². The van der Waals surface area contributed by atoms with Crippen molar-refractivity contribution in [3.8, 4) is 6.07 Å². The van der Waals surface area contributed by atoms with Gasteiger partial charge in [-0.05, 0) is 24.3 Å². The molecule has 1 saturated heterocycles. The van der Waals surface area contributed by atoms with Crippen LogP contribution in [0, 0.1) is 11.3 Å². The van der Waals surface area contributed by atoms with E-state index in [0.29, 0.717) is 11.5 Å². The van der Waals surface area contributed by atoms with E-state index in [2.05, 4.69) is 19.8 Å². The molecular weight excluding hydrogens is 294 g/mol. The lowest BCUT2D eigenvalue weighted by Gasteiger charge is -2.36. The van der Waals surface area contributed by atoms with Crippen LogP contribution in [-0.4, -0.2) is 47.2 Å². The summed E-state index contributed by atoms with van der Waals surface area (Å²) in [6.45, 7) is 3.06. The number of aromatic carboxylic acids is 1. The number of nitriles is 1. The van der Waals surface area contributed by atoms with Crippen molar-refractivity contribution in [2.24, 2.45) is 0 Å². The number of hydrogen-bond donors (Lipinski definition) is 1. The molecule has 2 aromatic heterocycles. The molecule has 0 saturated carbocycles. The highest BCUT2D eigenvalue weighted by Crippen LogP contribution is 2.19. The number of carboxylic acid groups (broad SMARTS) is 1. The number of hydrogen-bond acceptors (Lipinski definition) is 6. The first-order valence-corrected chi connectivity index (χ1v) is 7.24. The maximum Gasteiger partial charge on any atom is 0.354 e. The quantitative estimate of drug-likeness (QED) is 0.915. The SMILES string of the molecule is N#Cc1ccc(N2CCN(c3cccc(C(=O)O)n3)CC2)cn1. The molecule has 0 amide bonds. The molecule has 0 aliphatic carbocycles. The average Bonchev–Trinajstić information content (AvgIpc) is 2.62. The van der Waals surface area contributed by atoms with Crippen molar-refractivity contribution in [3.05, 3.63) is 47.9 Å². The summed E-state index contributed by atoms with van der Waals surface area (Å²) >= 11 is 0. The monoisotopic (exact) mass is 309 g/mol. The van der Waals surface area contributed by atoms with Crippen molar-refractivity contribution in [2.75, 3.05) is 36.0 Å². The van der Waals surface area contributed by atoms with Crippen molar-refractivity contribution >= 4 is 17.5 Å². The van der Waals surface area contributed by atoms with E-state index in [1.807, 2.05) is 18.2 Å². The minimum atomic E-state index is -1.02. The highest BCUT2D eigenvalue weighted by Gasteiger charge is 2.19. The van der Waals surface area contributed by atoms with Crippen LogP contribution in [-0.2, 0) is 0 Å². The van der Waals surface area contributed by atoms with E-state index < -0.39 is 5.97 Å². The number of pyridine rings is 2. The summed E-state index contributed by atoms with van der Waals surface area (Å²) < 4.78 is 0. The largest absolute Gasteiger partial charge is 0.477 e. The number of anilines is 2. The maximum atomic E-state index is 11.0. The van der Waals surface area contributed by atoms with Crippen molar-refractivity contribution in [1.82, 2.24) is 9.97 Å². The Bertz CT molecular complexity index is 746. The number of carbonyl (C=O) groups is 1. The fourth-order valence-electron chi connectivity index (χ4n) is 2.55. The van der Waals surface area contributed by atoms with Crippen molar-refractivity contribution in [1.29, 1.82) is 5.26 Å². The number of nitrogens with zero attached hydrogens (tertiary/aromatic N) is 5. The van der Waals surface area contributed by atoms with E-state index in [1.54, 1.807) is 18.3 Å². The molecule has 0 bridgehead atoms. The van der Waals surface area contributed by atoms with Crippen molar-refractivity contribution < 1.29 is 9.90 Å². The van der Waals surface area contributed by atoms with Crippen LogP contribution >= 0.6 is 0 Å². The summed E-state index contributed by atoms with van der Waals surface area (Å²) in [5, 5.41) is 17.8. The van der Waals surface area contributed by atoms with Crippen LogP contribution < -0.4 is 9.80 Å². The van der Waals surface area contributed by atoms with E-state index in [4.69, 9.17) is 10.4 Å². The molecule has 0 radical (unpaired) electrons. The Labute approximate surface area is 133 Å². The minimum absolute atomic E-state index is 0.0567. The first-order valence-electron chi connectivity index (χ1n) is 7.24. The fourth-order valence-corrected chi connectivity index (χ4v) is 2.55. The van der Waals surface area contributed by atoms with E-state index in [-0.39, 0.29) is 5.69 Å². The lowest BCUT2D eigenvalue weighted by molar-refractivity contribution is 0.0690. The number of carboxylic acids is 1. The van der Waals surface area contributed by atoms with E-state index >= 15 is 0 Å². The third-order valence-electron chi connectivity index (χ3n) is 3.78. The molecule has 3 rings (SSSR count). The second kappa shape index (κ2) is 6.32. The van der Waals surface area contributed by atoms with Crippen molar-refractivity contribution in [2.45, 2.75) is 0 Å². The van der Waals surface area contributed by atoms with E-state index in [1.165, 1.54) is 6.07 Å². The fraction of sp³-hybridized carbons (Fsp3) is 0.250. The van der Waals surface area contributed by atoms with Crippen LogP contribution in [0.5, 0.6) is 0 Å². The topological polar surface area (TPSA) is 93.4 Å². The summed E-state index contributed by atoms with van der Waals surface area (Å²) in [6.07, 6.45) is 1.71. The Morgan fingerprint density at radius 2 is 1.87 bits per heavy atom. The minimum Gasteiger partial charge on any atom is -0.477 e. The Hall–Kier alpha value is -3.14. The number of aromatic nitrogens is 2. The van der Waals surface area contributed by atoms with E-state index in [0.717, 1.165) is 31.9 Å². The van der Waals surface area contributed by atoms with Gasteiger partial charge in [0.2, 0.25) is 0 Å². The molecule has 7 nitrogen and oxygen atoms in total. The maximum absolute atomic E-state index is 11.0. The molecule has 3 heterocycles. The van der Waals surface area contributed by atoms with Gasteiger partial charge >= 0.3 is 5.97 Å². The normalized spacial score (nSPS) is 14.4. The summed E-state index contributed by atoms with van der Waals surface area (Å²) in [6, 6.07) is 10.6. The molecule has 1 aliphatic rings. The standard InChI is InChI=1S/C16H15N5O2/c17-10-12-4-5-13(11-18-12)20-6-8-21(9-7-20)15-3-1-2-14(19-15)16(22)23/h1-5,11H,6-9H2,(H,22,23). The average molecular weight is 309 g/mol. The van der Waals surface area contributed by atoms with Gasteiger partial charge in [0.1, 0.15) is 17.6 Å². The Morgan fingerprint density at radius 1 is 1.13 bits per heavy atom. The predicted octanol–water partition coefficient (Wildman–Crippen LogP) is 1.37. The molecule has 0 unspecified atom stereocenters. The second-order valence-electron chi connectivity index (χ2n) is 5.17. The molecule has 0 aromatic carbocycles. The van der Waals surface area contributed by atoms with Crippen LogP contribution in [0.15, 0.2) is 36.5 Å². The van der Waals surface area contributed by atoms with Crippen LogP contribution in [0.25, 0.3) is 0 Å². The molecule has 1 fully saturated rings. The van der Waals surface area contributed by atoms with Gasteiger partial charge in [0.25, 0.3) is 0 Å². The first kappa shape index (κ1) is 14.8. The Morgan fingerprint density at radius 3 is 2.48 bits per heavy atom. The number of rotatable bonds is 3. The first-order chi connectivity index (χ1) is 11.2. The van der Waals surface area contributed by atoms with Gasteiger partial charge in [0, 0.05) is 26.2 Å². The van der Waals surface area contributed by atoms with Gasteiger partial charge in [-0.1, -0.05) is 6.07 Å². The summed E-state index contributed by atoms with van der Waals surface area (Å²) in [5.74, 6) is -0.336. The lowest BCUT2D eigenvalue weighted by Crippen LogP contribution is -2.47. The van der Waals surface area contributed by atoms with Gasteiger partial charge in [0.15, 0.2) is 5.69 Å². The summed E-state index contributed by atoms with van der Waals surface area (Å²) in [7, 11) is 0. The van der Waals surface area contributed by atoms with Crippen molar-refractivity contribution in [3.63, 3.8) is 0 Å². The van der Waals surface area contributed by atoms with Crippen LogP contribution in [0.4, 0.5) is 11.5 Å². The molecule has 116 valence electrons. The molecule has 2 aromatic rings. The smallest absolute Gasteiger partial charge is 0.354 e. The van der Waals surface area contributed by atoms with Gasteiger partial charge in [-0.2, -0.15) is 5.26 Å². The molecular formula is C16H15N5O2. The van der Waals surface area contributed by atoms with Gasteiger partial charge < -0.3 is 14.9 Å². The molecule has 1 aliphatic heterocycles. The molecule has 7 heteroatoms. The third-order valence-corrected chi connectivity index (χ3v) is 3.78. The molecule has 1 N–H and O–H groups in total. The lowest BCUT2D eigenvalue weighted by atomic mass is 10.2. The summed E-state index contributed by atoms with van der Waals surface area (Å²) in [4.78, 5) is 23.5. The van der Waals surface area contributed by atoms with Crippen LogP contribution in [0.2, 0.25) is 0 Å². The Balaban J connectivity index is 1.67.